The zero-order valence-corrected chi connectivity index (χ0v) is 19.2. The molecule has 8 nitrogen and oxygen atoms in total. The number of nitro benzene ring substituents is 1. The zero-order chi connectivity index (χ0) is 24.7. The first-order valence-corrected chi connectivity index (χ1v) is 11.1. The Morgan fingerprint density at radius 3 is 2.40 bits per heavy atom. The minimum absolute atomic E-state index is 0.0180. The van der Waals surface area contributed by atoms with Crippen LogP contribution in [-0.4, -0.2) is 29.4 Å². The number of hydrogen-bond acceptors (Lipinski definition) is 6. The second kappa shape index (κ2) is 8.72. The van der Waals surface area contributed by atoms with Gasteiger partial charge >= 0.3 is 0 Å². The molecule has 4 aromatic rings. The van der Waals surface area contributed by atoms with Gasteiger partial charge < -0.3 is 14.1 Å². The number of benzene rings is 3. The van der Waals surface area contributed by atoms with E-state index in [1.54, 1.807) is 36.3 Å². The van der Waals surface area contributed by atoms with E-state index in [0.717, 1.165) is 16.9 Å². The summed E-state index contributed by atoms with van der Waals surface area (Å²) in [6, 6.07) is 18.1. The average Bonchev–Trinajstić information content (AvgIpc) is 3.15. The van der Waals surface area contributed by atoms with Crippen LogP contribution >= 0.6 is 0 Å². The lowest BCUT2D eigenvalue weighted by atomic mass is 9.97. The minimum Gasteiger partial charge on any atom is -0.497 e. The lowest BCUT2D eigenvalue weighted by Crippen LogP contribution is -2.31. The molecule has 1 amide bonds. The first-order chi connectivity index (χ1) is 16.9. The van der Waals surface area contributed by atoms with Crippen LogP contribution in [0.4, 0.5) is 5.69 Å². The maximum absolute atomic E-state index is 13.6. The van der Waals surface area contributed by atoms with E-state index >= 15 is 0 Å². The number of aryl methyl sites for hydroxylation is 1. The van der Waals surface area contributed by atoms with Crippen LogP contribution in [0.25, 0.3) is 11.0 Å². The van der Waals surface area contributed by atoms with Gasteiger partial charge in [-0.3, -0.25) is 19.7 Å². The molecule has 0 radical (unpaired) electrons. The van der Waals surface area contributed by atoms with Crippen LogP contribution in [0.3, 0.4) is 0 Å². The van der Waals surface area contributed by atoms with Crippen molar-refractivity contribution in [1.29, 1.82) is 0 Å². The molecule has 1 aliphatic heterocycles. The van der Waals surface area contributed by atoms with Crippen LogP contribution in [0.2, 0.25) is 0 Å². The second-order valence-corrected chi connectivity index (χ2v) is 8.52. The number of methoxy groups -OCH3 is 1. The molecule has 1 atom stereocenters. The molecule has 1 aromatic heterocycles. The summed E-state index contributed by atoms with van der Waals surface area (Å²) in [5.74, 6) is 0.375. The van der Waals surface area contributed by atoms with Crippen molar-refractivity contribution >= 4 is 22.6 Å². The molecule has 176 valence electrons. The predicted molar refractivity (Wildman–Crippen MR) is 130 cm³/mol. The normalized spacial score (nSPS) is 14.9. The van der Waals surface area contributed by atoms with Crippen molar-refractivity contribution in [3.05, 3.63) is 115 Å². The van der Waals surface area contributed by atoms with Gasteiger partial charge in [-0.1, -0.05) is 23.8 Å². The molecule has 0 N–H and O–H groups in total. The Morgan fingerprint density at radius 2 is 1.74 bits per heavy atom. The van der Waals surface area contributed by atoms with Crippen LogP contribution in [0, 0.1) is 17.0 Å². The summed E-state index contributed by atoms with van der Waals surface area (Å²) in [5, 5.41) is 11.6. The summed E-state index contributed by atoms with van der Waals surface area (Å²) in [5.41, 5.74) is 2.79. The van der Waals surface area contributed by atoms with Crippen molar-refractivity contribution in [2.24, 2.45) is 0 Å². The molecule has 3 aromatic carbocycles. The lowest BCUT2D eigenvalue weighted by molar-refractivity contribution is -0.384. The van der Waals surface area contributed by atoms with E-state index in [1.807, 2.05) is 37.3 Å². The largest absolute Gasteiger partial charge is 0.497 e. The van der Waals surface area contributed by atoms with Gasteiger partial charge in [-0.15, -0.1) is 0 Å². The Bertz CT molecular complexity index is 1510. The first-order valence-electron chi connectivity index (χ1n) is 11.1. The smallest absolute Gasteiger partial charge is 0.290 e. The predicted octanol–water partition coefficient (Wildman–Crippen LogP) is 4.81. The van der Waals surface area contributed by atoms with Crippen molar-refractivity contribution in [3.8, 4) is 5.75 Å². The topological polar surface area (TPSA) is 103 Å². The number of nitrogens with zero attached hydrogens (tertiary/aromatic N) is 2. The summed E-state index contributed by atoms with van der Waals surface area (Å²) in [6.45, 7) is 2.21. The van der Waals surface area contributed by atoms with Crippen molar-refractivity contribution in [2.75, 3.05) is 13.7 Å². The van der Waals surface area contributed by atoms with Crippen molar-refractivity contribution < 1.29 is 18.9 Å². The van der Waals surface area contributed by atoms with Crippen LogP contribution < -0.4 is 10.2 Å². The monoisotopic (exact) mass is 470 g/mol. The van der Waals surface area contributed by atoms with E-state index in [4.69, 9.17) is 9.15 Å². The third-order valence-electron chi connectivity index (χ3n) is 6.34. The van der Waals surface area contributed by atoms with Gasteiger partial charge in [-0.2, -0.15) is 0 Å². The molecule has 8 heteroatoms. The maximum Gasteiger partial charge on any atom is 0.290 e. The molecule has 0 saturated heterocycles. The lowest BCUT2D eigenvalue weighted by Gasteiger charge is -2.25. The fourth-order valence-corrected chi connectivity index (χ4v) is 4.53. The number of carbonyl (C=O) groups is 1. The Morgan fingerprint density at radius 1 is 1.03 bits per heavy atom. The van der Waals surface area contributed by atoms with E-state index in [1.165, 1.54) is 12.1 Å². The van der Waals surface area contributed by atoms with Crippen LogP contribution in [0.15, 0.2) is 75.9 Å². The van der Waals surface area contributed by atoms with E-state index < -0.39 is 11.0 Å². The molecule has 0 saturated carbocycles. The first kappa shape index (κ1) is 22.3. The maximum atomic E-state index is 13.6. The highest BCUT2D eigenvalue weighted by Gasteiger charge is 2.42. The van der Waals surface area contributed by atoms with Gasteiger partial charge in [-0.05, 0) is 60.9 Å². The summed E-state index contributed by atoms with van der Waals surface area (Å²) in [7, 11) is 1.60. The number of carbonyl (C=O) groups excluding carboxylic acids is 1. The fourth-order valence-electron chi connectivity index (χ4n) is 4.53. The molecule has 0 aliphatic carbocycles. The van der Waals surface area contributed by atoms with E-state index in [2.05, 4.69) is 0 Å². The summed E-state index contributed by atoms with van der Waals surface area (Å²) >= 11 is 0. The van der Waals surface area contributed by atoms with Gasteiger partial charge in [0.05, 0.1) is 29.0 Å². The molecule has 0 fully saturated rings. The summed E-state index contributed by atoms with van der Waals surface area (Å²) < 4.78 is 11.2. The van der Waals surface area contributed by atoms with E-state index in [-0.39, 0.29) is 28.3 Å². The highest BCUT2D eigenvalue weighted by atomic mass is 16.6. The Balaban J connectivity index is 1.60. The average molecular weight is 470 g/mol. The second-order valence-electron chi connectivity index (χ2n) is 8.52. The molecular weight excluding hydrogens is 448 g/mol. The summed E-state index contributed by atoms with van der Waals surface area (Å²) in [6.07, 6.45) is 0.542. The van der Waals surface area contributed by atoms with Crippen LogP contribution in [0.5, 0.6) is 5.75 Å². The highest BCUT2D eigenvalue weighted by Crippen LogP contribution is 2.38. The number of amides is 1. The minimum atomic E-state index is -0.710. The Hall–Kier alpha value is -4.46. The standard InChI is InChI=1S/C27H22N2O6/c1-16-3-12-22-21(15-16)25(30)23-24(18-6-8-19(9-7-18)29(32)33)28(27(31)26(23)35-22)14-13-17-4-10-20(34-2)11-5-17/h3-12,15,24H,13-14H2,1-2H3/t24-/m0/s1. The highest BCUT2D eigenvalue weighted by molar-refractivity contribution is 5.99. The number of rotatable bonds is 6. The zero-order valence-electron chi connectivity index (χ0n) is 19.2. The van der Waals surface area contributed by atoms with Crippen LogP contribution in [-0.2, 0) is 6.42 Å². The Labute approximate surface area is 200 Å². The van der Waals surface area contributed by atoms with Crippen molar-refractivity contribution in [3.63, 3.8) is 0 Å². The van der Waals surface area contributed by atoms with E-state index in [9.17, 15) is 19.7 Å². The third-order valence-corrected chi connectivity index (χ3v) is 6.34. The van der Waals surface area contributed by atoms with Gasteiger partial charge in [0.25, 0.3) is 11.6 Å². The van der Waals surface area contributed by atoms with Gasteiger partial charge in [-0.25, -0.2) is 0 Å². The fraction of sp³-hybridized carbons (Fsp3) is 0.185. The van der Waals surface area contributed by atoms with Gasteiger partial charge in [0, 0.05) is 18.7 Å². The number of ether oxygens (including phenoxy) is 1. The number of non-ortho nitro benzene ring substituents is 1. The number of hydrogen-bond donors (Lipinski definition) is 0. The number of nitro groups is 1. The number of fused-ring (bicyclic) bond motifs is 2. The molecule has 35 heavy (non-hydrogen) atoms. The molecule has 5 rings (SSSR count). The van der Waals surface area contributed by atoms with Crippen LogP contribution in [0.1, 0.15) is 38.9 Å². The van der Waals surface area contributed by atoms with Gasteiger partial charge in [0.2, 0.25) is 5.76 Å². The third kappa shape index (κ3) is 3.93. The quantitative estimate of drug-likeness (QED) is 0.296. The molecule has 1 aliphatic rings. The SMILES string of the molecule is COc1ccc(CCN2C(=O)c3oc4ccc(C)cc4c(=O)c3[C@@H]2c2ccc([N+](=O)[O-])cc2)cc1. The Kier molecular flexibility index (Phi) is 5.56. The van der Waals surface area contributed by atoms with E-state index in [0.29, 0.717) is 29.5 Å². The van der Waals surface area contributed by atoms with Gasteiger partial charge in [0.1, 0.15) is 11.3 Å². The molecule has 0 spiro atoms. The van der Waals surface area contributed by atoms with Gasteiger partial charge in [0.15, 0.2) is 5.43 Å². The molecular formula is C27H22N2O6. The molecule has 0 unspecified atom stereocenters. The molecule has 2 heterocycles. The molecule has 0 bridgehead atoms. The summed E-state index contributed by atoms with van der Waals surface area (Å²) in [4.78, 5) is 39.4. The van der Waals surface area contributed by atoms with Crippen molar-refractivity contribution in [1.82, 2.24) is 4.90 Å². The van der Waals surface area contributed by atoms with Crippen molar-refractivity contribution in [2.45, 2.75) is 19.4 Å².